The number of nitrogens with zero attached hydrogens (tertiary/aromatic N) is 2. The molecule has 2 rings (SSSR count). The van der Waals surface area contributed by atoms with Gasteiger partial charge in [-0.25, -0.2) is 9.78 Å². The molecule has 116 valence electrons. The largest absolute Gasteiger partial charge is 0.444 e. The monoisotopic (exact) mass is 308 g/mol. The van der Waals surface area contributed by atoms with Crippen LogP contribution in [0, 0.1) is 0 Å². The highest BCUT2D eigenvalue weighted by molar-refractivity contribution is 7.98. The molecule has 0 aliphatic carbocycles. The molecule has 0 spiro atoms. The van der Waals surface area contributed by atoms with E-state index >= 15 is 0 Å². The van der Waals surface area contributed by atoms with Crippen LogP contribution < -0.4 is 0 Å². The first-order valence-electron chi connectivity index (χ1n) is 7.40. The van der Waals surface area contributed by atoms with Gasteiger partial charge in [0.1, 0.15) is 5.60 Å². The summed E-state index contributed by atoms with van der Waals surface area (Å²) in [6, 6.07) is 4.17. The van der Waals surface area contributed by atoms with Crippen molar-refractivity contribution in [2.24, 2.45) is 0 Å². The maximum atomic E-state index is 12.4. The van der Waals surface area contributed by atoms with Gasteiger partial charge in [-0.3, -0.25) is 0 Å². The molecule has 0 bridgehead atoms. The Hall–Kier alpha value is -1.23. The molecule has 1 aliphatic rings. The maximum Gasteiger partial charge on any atom is 0.410 e. The fraction of sp³-hybridized carbons (Fsp3) is 0.625. The van der Waals surface area contributed by atoms with Crippen LogP contribution in [0.4, 0.5) is 4.79 Å². The second kappa shape index (κ2) is 6.69. The van der Waals surface area contributed by atoms with Crippen LogP contribution in [0.2, 0.25) is 0 Å². The SMILES string of the molecule is CSc1ccc(C2CCCCN2C(=O)OC(C)(C)C)cn1. The van der Waals surface area contributed by atoms with E-state index in [9.17, 15) is 4.79 Å². The van der Waals surface area contributed by atoms with Gasteiger partial charge in [0.05, 0.1) is 11.1 Å². The van der Waals surface area contributed by atoms with Crippen molar-refractivity contribution < 1.29 is 9.53 Å². The molecule has 1 aromatic rings. The van der Waals surface area contributed by atoms with Crippen molar-refractivity contribution in [3.63, 3.8) is 0 Å². The van der Waals surface area contributed by atoms with Crippen molar-refractivity contribution >= 4 is 17.9 Å². The number of amides is 1. The van der Waals surface area contributed by atoms with Crippen LogP contribution in [0.15, 0.2) is 23.4 Å². The van der Waals surface area contributed by atoms with Crippen molar-refractivity contribution in [2.45, 2.75) is 56.7 Å². The lowest BCUT2D eigenvalue weighted by Crippen LogP contribution is -2.41. The van der Waals surface area contributed by atoms with Crippen molar-refractivity contribution in [1.82, 2.24) is 9.88 Å². The first-order valence-corrected chi connectivity index (χ1v) is 8.63. The number of aromatic nitrogens is 1. The van der Waals surface area contributed by atoms with Gasteiger partial charge >= 0.3 is 6.09 Å². The summed E-state index contributed by atoms with van der Waals surface area (Å²) in [4.78, 5) is 18.7. The lowest BCUT2D eigenvalue weighted by molar-refractivity contribution is 0.00947. The molecule has 1 fully saturated rings. The fourth-order valence-electron chi connectivity index (χ4n) is 2.53. The Morgan fingerprint density at radius 3 is 2.71 bits per heavy atom. The van der Waals surface area contributed by atoms with Crippen LogP contribution in [0.25, 0.3) is 0 Å². The highest BCUT2D eigenvalue weighted by Gasteiger charge is 2.31. The second-order valence-electron chi connectivity index (χ2n) is 6.32. The Bertz CT molecular complexity index is 482. The predicted octanol–water partition coefficient (Wildman–Crippen LogP) is 4.27. The molecule has 1 aliphatic heterocycles. The zero-order valence-corrected chi connectivity index (χ0v) is 14.1. The molecule has 1 amide bonds. The summed E-state index contributed by atoms with van der Waals surface area (Å²) in [5.41, 5.74) is 0.637. The minimum Gasteiger partial charge on any atom is -0.444 e. The summed E-state index contributed by atoms with van der Waals surface area (Å²) in [7, 11) is 0. The highest BCUT2D eigenvalue weighted by atomic mass is 32.2. The van der Waals surface area contributed by atoms with Crippen LogP contribution in [0.5, 0.6) is 0 Å². The highest BCUT2D eigenvalue weighted by Crippen LogP contribution is 2.32. The molecule has 21 heavy (non-hydrogen) atoms. The number of hydrogen-bond acceptors (Lipinski definition) is 4. The molecule has 1 atom stereocenters. The number of carbonyl (C=O) groups excluding carboxylic acids is 1. The molecule has 1 aromatic heterocycles. The molecule has 0 radical (unpaired) electrons. The van der Waals surface area contributed by atoms with Gasteiger partial charge in [-0.1, -0.05) is 6.07 Å². The Kier molecular flexibility index (Phi) is 5.14. The Balaban J connectivity index is 2.16. The zero-order chi connectivity index (χ0) is 15.5. The topological polar surface area (TPSA) is 42.4 Å². The quantitative estimate of drug-likeness (QED) is 0.765. The lowest BCUT2D eigenvalue weighted by Gasteiger charge is -2.36. The number of rotatable bonds is 2. The number of thioether (sulfide) groups is 1. The summed E-state index contributed by atoms with van der Waals surface area (Å²) in [6.07, 6.45) is 6.82. The number of piperidine rings is 1. The third-order valence-electron chi connectivity index (χ3n) is 3.48. The molecular formula is C16H24N2O2S. The van der Waals surface area contributed by atoms with Crippen LogP contribution in [0.1, 0.15) is 51.6 Å². The van der Waals surface area contributed by atoms with Crippen molar-refractivity contribution in [2.75, 3.05) is 12.8 Å². The van der Waals surface area contributed by atoms with Gasteiger partial charge in [0.15, 0.2) is 0 Å². The van der Waals surface area contributed by atoms with Gasteiger partial charge in [0.2, 0.25) is 0 Å². The van der Waals surface area contributed by atoms with Gasteiger partial charge in [0, 0.05) is 12.7 Å². The molecule has 1 saturated heterocycles. The summed E-state index contributed by atoms with van der Waals surface area (Å²) in [5, 5.41) is 0.998. The van der Waals surface area contributed by atoms with Crippen LogP contribution in [-0.4, -0.2) is 34.4 Å². The van der Waals surface area contributed by atoms with Crippen LogP contribution >= 0.6 is 11.8 Å². The van der Waals surface area contributed by atoms with E-state index < -0.39 is 5.60 Å². The van der Waals surface area contributed by atoms with Crippen molar-refractivity contribution in [1.29, 1.82) is 0 Å². The summed E-state index contributed by atoms with van der Waals surface area (Å²) < 4.78 is 5.54. The smallest absolute Gasteiger partial charge is 0.410 e. The van der Waals surface area contributed by atoms with E-state index in [1.165, 1.54) is 0 Å². The zero-order valence-electron chi connectivity index (χ0n) is 13.3. The normalized spacial score (nSPS) is 19.4. The van der Waals surface area contributed by atoms with Crippen molar-refractivity contribution in [3.05, 3.63) is 23.9 Å². The molecule has 2 heterocycles. The van der Waals surface area contributed by atoms with E-state index in [1.807, 2.05) is 44.2 Å². The standard InChI is InChI=1S/C16H24N2O2S/c1-16(2,3)20-15(19)18-10-6-5-7-13(18)12-8-9-14(21-4)17-11-12/h8-9,11,13H,5-7,10H2,1-4H3. The van der Waals surface area contributed by atoms with Gasteiger partial charge in [-0.05, 0) is 57.9 Å². The van der Waals surface area contributed by atoms with E-state index in [-0.39, 0.29) is 12.1 Å². The first kappa shape index (κ1) is 16.1. The molecule has 4 nitrogen and oxygen atoms in total. The molecular weight excluding hydrogens is 284 g/mol. The molecule has 0 saturated carbocycles. The summed E-state index contributed by atoms with van der Waals surface area (Å²) in [5.74, 6) is 0. The fourth-order valence-corrected chi connectivity index (χ4v) is 2.89. The molecule has 0 N–H and O–H groups in total. The van der Waals surface area contributed by atoms with E-state index in [0.29, 0.717) is 0 Å². The molecule has 1 unspecified atom stereocenters. The number of ether oxygens (including phenoxy) is 1. The number of carbonyl (C=O) groups is 1. The molecule has 0 aromatic carbocycles. The minimum absolute atomic E-state index is 0.0806. The van der Waals surface area contributed by atoms with Crippen molar-refractivity contribution in [3.8, 4) is 0 Å². The first-order chi connectivity index (χ1) is 9.90. The lowest BCUT2D eigenvalue weighted by atomic mass is 9.97. The van der Waals surface area contributed by atoms with Gasteiger partial charge in [0.25, 0.3) is 0 Å². The van der Waals surface area contributed by atoms with Crippen LogP contribution in [0.3, 0.4) is 0 Å². The van der Waals surface area contributed by atoms with Gasteiger partial charge < -0.3 is 9.64 Å². The Morgan fingerprint density at radius 1 is 1.38 bits per heavy atom. The third kappa shape index (κ3) is 4.37. The summed E-state index contributed by atoms with van der Waals surface area (Å²) in [6.45, 7) is 6.46. The average molecular weight is 308 g/mol. The summed E-state index contributed by atoms with van der Waals surface area (Å²) >= 11 is 1.62. The predicted molar refractivity (Wildman–Crippen MR) is 85.6 cm³/mol. The number of hydrogen-bond donors (Lipinski definition) is 0. The number of likely N-dealkylation sites (tertiary alicyclic amines) is 1. The molecule has 5 heteroatoms. The van der Waals surface area contributed by atoms with E-state index in [1.54, 1.807) is 11.8 Å². The Morgan fingerprint density at radius 2 is 2.14 bits per heavy atom. The minimum atomic E-state index is -0.458. The second-order valence-corrected chi connectivity index (χ2v) is 7.15. The third-order valence-corrected chi connectivity index (χ3v) is 4.14. The van der Waals surface area contributed by atoms with E-state index in [2.05, 4.69) is 11.1 Å². The van der Waals surface area contributed by atoms with E-state index in [0.717, 1.165) is 36.4 Å². The van der Waals surface area contributed by atoms with Crippen LogP contribution in [-0.2, 0) is 4.74 Å². The van der Waals surface area contributed by atoms with Gasteiger partial charge in [-0.2, -0.15) is 0 Å². The average Bonchev–Trinajstić information content (AvgIpc) is 2.45. The number of pyridine rings is 1. The van der Waals surface area contributed by atoms with Gasteiger partial charge in [-0.15, -0.1) is 11.8 Å². The Labute approximate surface area is 131 Å². The maximum absolute atomic E-state index is 12.4. The van der Waals surface area contributed by atoms with E-state index in [4.69, 9.17) is 4.74 Å².